The number of hydrogen-bond acceptors (Lipinski definition) is 3. The topological polar surface area (TPSA) is 51.4 Å². The van der Waals surface area contributed by atoms with E-state index in [9.17, 15) is 8.42 Å². The molecule has 0 amide bonds. The predicted molar refractivity (Wildman–Crippen MR) is 89.2 cm³/mol. The standard InChI is InChI=1S/C16H14N2O2S2/c1-2-12-18-14-10-6-7-11-15(14)21-16(18)17-22(19,20)13-8-4-3-5-9-13/h2-11H,1,12H2. The van der Waals surface area contributed by atoms with E-state index in [1.807, 2.05) is 28.8 Å². The van der Waals surface area contributed by atoms with Gasteiger partial charge in [-0.3, -0.25) is 0 Å². The van der Waals surface area contributed by atoms with Crippen LogP contribution in [0, 0.1) is 0 Å². The van der Waals surface area contributed by atoms with Crippen LogP contribution in [0.15, 0.2) is 76.5 Å². The van der Waals surface area contributed by atoms with E-state index >= 15 is 0 Å². The number of sulfonamides is 1. The zero-order valence-corrected chi connectivity index (χ0v) is 13.3. The Morgan fingerprint density at radius 2 is 1.77 bits per heavy atom. The van der Waals surface area contributed by atoms with Crippen molar-refractivity contribution < 1.29 is 8.42 Å². The molecule has 0 aliphatic carbocycles. The first-order valence-corrected chi connectivity index (χ1v) is 8.93. The zero-order chi connectivity index (χ0) is 15.6. The van der Waals surface area contributed by atoms with Gasteiger partial charge in [-0.1, -0.05) is 47.7 Å². The van der Waals surface area contributed by atoms with Crippen molar-refractivity contribution in [2.75, 3.05) is 0 Å². The van der Waals surface area contributed by atoms with Crippen molar-refractivity contribution in [3.05, 3.63) is 72.1 Å². The van der Waals surface area contributed by atoms with Crippen LogP contribution in [0.5, 0.6) is 0 Å². The molecule has 0 saturated heterocycles. The fourth-order valence-electron chi connectivity index (χ4n) is 2.14. The number of benzene rings is 2. The van der Waals surface area contributed by atoms with E-state index in [0.717, 1.165) is 10.2 Å². The first-order valence-electron chi connectivity index (χ1n) is 6.67. The quantitative estimate of drug-likeness (QED) is 0.690. The normalized spacial score (nSPS) is 12.6. The van der Waals surface area contributed by atoms with Crippen molar-refractivity contribution in [1.29, 1.82) is 0 Å². The third kappa shape index (κ3) is 2.75. The maximum atomic E-state index is 12.4. The fourth-order valence-corrected chi connectivity index (χ4v) is 4.41. The van der Waals surface area contributed by atoms with E-state index < -0.39 is 10.0 Å². The first-order chi connectivity index (χ1) is 10.6. The molecule has 3 rings (SSSR count). The molecule has 3 aromatic rings. The molecular weight excluding hydrogens is 316 g/mol. The molecule has 1 aromatic heterocycles. The minimum absolute atomic E-state index is 0.192. The van der Waals surface area contributed by atoms with Gasteiger partial charge in [0.25, 0.3) is 10.0 Å². The van der Waals surface area contributed by atoms with Crippen molar-refractivity contribution in [1.82, 2.24) is 4.57 Å². The van der Waals surface area contributed by atoms with Crippen LogP contribution < -0.4 is 4.80 Å². The van der Waals surface area contributed by atoms with Crippen LogP contribution in [0.3, 0.4) is 0 Å². The molecule has 0 aliphatic rings. The third-order valence-electron chi connectivity index (χ3n) is 3.14. The SMILES string of the molecule is C=CCn1c(=NS(=O)(=O)c2ccccc2)sc2ccccc21. The van der Waals surface area contributed by atoms with E-state index in [1.54, 1.807) is 36.4 Å². The van der Waals surface area contributed by atoms with E-state index in [0.29, 0.717) is 11.3 Å². The van der Waals surface area contributed by atoms with Crippen molar-refractivity contribution in [2.24, 2.45) is 4.40 Å². The van der Waals surface area contributed by atoms with Gasteiger partial charge in [-0.15, -0.1) is 11.0 Å². The van der Waals surface area contributed by atoms with Gasteiger partial charge >= 0.3 is 0 Å². The highest BCUT2D eigenvalue weighted by atomic mass is 32.2. The summed E-state index contributed by atoms with van der Waals surface area (Å²) in [5, 5.41) is 0. The van der Waals surface area contributed by atoms with Gasteiger partial charge in [0, 0.05) is 6.54 Å². The minimum atomic E-state index is -3.72. The summed E-state index contributed by atoms with van der Waals surface area (Å²) >= 11 is 1.35. The second kappa shape index (κ2) is 5.90. The monoisotopic (exact) mass is 330 g/mol. The van der Waals surface area contributed by atoms with Crippen LogP contribution in [0.1, 0.15) is 0 Å². The van der Waals surface area contributed by atoms with Gasteiger partial charge in [0.15, 0.2) is 0 Å². The largest absolute Gasteiger partial charge is 0.312 e. The van der Waals surface area contributed by atoms with E-state index in [-0.39, 0.29) is 4.90 Å². The van der Waals surface area contributed by atoms with Crippen LogP contribution in [-0.2, 0) is 16.6 Å². The van der Waals surface area contributed by atoms with Gasteiger partial charge in [0.2, 0.25) is 4.80 Å². The molecule has 0 atom stereocenters. The number of nitrogens with zero attached hydrogens (tertiary/aromatic N) is 2. The molecule has 2 aromatic carbocycles. The predicted octanol–water partition coefficient (Wildman–Crippen LogP) is 3.18. The lowest BCUT2D eigenvalue weighted by atomic mass is 10.3. The Balaban J connectivity index is 2.25. The average Bonchev–Trinajstić information content (AvgIpc) is 2.86. The summed E-state index contributed by atoms with van der Waals surface area (Å²) in [6.45, 7) is 4.24. The smallest absolute Gasteiger partial charge is 0.285 e. The summed E-state index contributed by atoms with van der Waals surface area (Å²) < 4.78 is 31.7. The lowest BCUT2D eigenvalue weighted by Crippen LogP contribution is -2.16. The molecule has 0 radical (unpaired) electrons. The molecule has 0 saturated carbocycles. The van der Waals surface area contributed by atoms with Crippen LogP contribution in [0.2, 0.25) is 0 Å². The molecule has 1 heterocycles. The molecule has 0 N–H and O–H groups in total. The first kappa shape index (κ1) is 14.7. The Morgan fingerprint density at radius 1 is 1.09 bits per heavy atom. The molecule has 0 fully saturated rings. The summed E-state index contributed by atoms with van der Waals surface area (Å²) in [6, 6.07) is 16.0. The Hall–Kier alpha value is -2.18. The van der Waals surface area contributed by atoms with Crippen LogP contribution in [-0.4, -0.2) is 13.0 Å². The molecule has 6 heteroatoms. The number of fused-ring (bicyclic) bond motifs is 1. The minimum Gasteiger partial charge on any atom is -0.312 e. The van der Waals surface area contributed by atoms with Crippen molar-refractivity contribution in [3.8, 4) is 0 Å². The van der Waals surface area contributed by atoms with Crippen molar-refractivity contribution in [2.45, 2.75) is 11.4 Å². The van der Waals surface area contributed by atoms with E-state index in [2.05, 4.69) is 11.0 Å². The molecular formula is C16H14N2O2S2. The molecule has 4 nitrogen and oxygen atoms in total. The summed E-state index contributed by atoms with van der Waals surface area (Å²) in [7, 11) is -3.72. The van der Waals surface area contributed by atoms with Crippen LogP contribution in [0.4, 0.5) is 0 Å². The highest BCUT2D eigenvalue weighted by molar-refractivity contribution is 7.90. The number of aromatic nitrogens is 1. The number of para-hydroxylation sites is 1. The Labute approximate surface area is 132 Å². The fraction of sp³-hybridized carbons (Fsp3) is 0.0625. The van der Waals surface area contributed by atoms with Gasteiger partial charge < -0.3 is 4.57 Å². The lowest BCUT2D eigenvalue weighted by molar-refractivity contribution is 0.596. The van der Waals surface area contributed by atoms with Crippen molar-refractivity contribution in [3.63, 3.8) is 0 Å². The lowest BCUT2D eigenvalue weighted by Gasteiger charge is -2.01. The Bertz CT molecular complexity index is 984. The van der Waals surface area contributed by atoms with Crippen molar-refractivity contribution >= 4 is 31.6 Å². The molecule has 0 bridgehead atoms. The zero-order valence-electron chi connectivity index (χ0n) is 11.7. The molecule has 112 valence electrons. The molecule has 0 aliphatic heterocycles. The van der Waals surface area contributed by atoms with Gasteiger partial charge in [-0.05, 0) is 24.3 Å². The molecule has 22 heavy (non-hydrogen) atoms. The van der Waals surface area contributed by atoms with Gasteiger partial charge in [-0.25, -0.2) is 0 Å². The summed E-state index contributed by atoms with van der Waals surface area (Å²) in [4.78, 5) is 0.641. The Kier molecular flexibility index (Phi) is 3.96. The number of rotatable bonds is 4. The maximum Gasteiger partial charge on any atom is 0.285 e. The summed E-state index contributed by atoms with van der Waals surface area (Å²) in [5.74, 6) is 0. The van der Waals surface area contributed by atoms with Gasteiger partial charge in [0.05, 0.1) is 15.1 Å². The second-order valence-corrected chi connectivity index (χ2v) is 7.24. The Morgan fingerprint density at radius 3 is 2.50 bits per heavy atom. The highest BCUT2D eigenvalue weighted by Gasteiger charge is 2.13. The number of hydrogen-bond donors (Lipinski definition) is 0. The molecule has 0 spiro atoms. The van der Waals surface area contributed by atoms with Gasteiger partial charge in [-0.2, -0.15) is 8.42 Å². The average molecular weight is 330 g/mol. The third-order valence-corrected chi connectivity index (χ3v) is 5.60. The number of allylic oxidation sites excluding steroid dienone is 1. The van der Waals surface area contributed by atoms with E-state index in [1.165, 1.54) is 11.3 Å². The highest BCUT2D eigenvalue weighted by Crippen LogP contribution is 2.18. The van der Waals surface area contributed by atoms with Crippen LogP contribution >= 0.6 is 11.3 Å². The van der Waals surface area contributed by atoms with E-state index in [4.69, 9.17) is 0 Å². The van der Waals surface area contributed by atoms with Crippen LogP contribution in [0.25, 0.3) is 10.2 Å². The summed E-state index contributed by atoms with van der Waals surface area (Å²) in [6.07, 6.45) is 1.73. The molecule has 0 unspecified atom stereocenters. The maximum absolute atomic E-state index is 12.4. The summed E-state index contributed by atoms with van der Waals surface area (Å²) in [5.41, 5.74) is 0.953. The number of thiazole rings is 1. The second-order valence-electron chi connectivity index (χ2n) is 4.63. The van der Waals surface area contributed by atoms with Gasteiger partial charge in [0.1, 0.15) is 0 Å².